The van der Waals surface area contributed by atoms with Gasteiger partial charge in [-0.05, 0) is 80.7 Å². The molecule has 5 rings (SSSR count). The van der Waals surface area contributed by atoms with Crippen LogP contribution in [0.4, 0.5) is 14.6 Å². The van der Waals surface area contributed by atoms with Crippen molar-refractivity contribution in [1.82, 2.24) is 9.88 Å². The summed E-state index contributed by atoms with van der Waals surface area (Å²) in [6.45, 7) is 2.95. The van der Waals surface area contributed by atoms with Crippen LogP contribution < -0.4 is 5.32 Å². The largest absolute Gasteiger partial charge is 0.480 e. The SMILES string of the molecule is C1CCOC1.O=C(O)C(c1ccccc1CO)N1CCC(C(F)(F)CCCCc2ccc3c(n2)NCCC3)C1. The Morgan fingerprint density at radius 1 is 1.15 bits per heavy atom. The molecule has 214 valence electrons. The smallest absolute Gasteiger partial charge is 0.325 e. The number of halogens is 2. The average Bonchev–Trinajstić information content (AvgIpc) is 3.68. The van der Waals surface area contributed by atoms with E-state index in [2.05, 4.69) is 16.4 Å². The molecule has 3 aliphatic heterocycles. The van der Waals surface area contributed by atoms with E-state index in [0.717, 1.165) is 44.1 Å². The number of aryl methyl sites for hydroxylation is 2. The van der Waals surface area contributed by atoms with Crippen LogP contribution >= 0.6 is 0 Å². The van der Waals surface area contributed by atoms with E-state index in [9.17, 15) is 15.0 Å². The zero-order valence-electron chi connectivity index (χ0n) is 22.6. The third-order valence-electron chi connectivity index (χ3n) is 7.91. The number of aliphatic carboxylic acids is 1. The Hall–Kier alpha value is -2.62. The van der Waals surface area contributed by atoms with Crippen molar-refractivity contribution in [2.24, 2.45) is 5.92 Å². The van der Waals surface area contributed by atoms with Crippen molar-refractivity contribution in [2.75, 3.05) is 38.2 Å². The number of carboxylic acids is 1. The topological polar surface area (TPSA) is 94.9 Å². The molecule has 1 aromatic carbocycles. The summed E-state index contributed by atoms with van der Waals surface area (Å²) < 4.78 is 35.0. The molecule has 0 radical (unpaired) electrons. The number of nitrogens with zero attached hydrogens (tertiary/aromatic N) is 2. The van der Waals surface area contributed by atoms with Crippen LogP contribution in [0.15, 0.2) is 36.4 Å². The number of hydrogen-bond acceptors (Lipinski definition) is 6. The standard InChI is InChI=1S/C26H33F2N3O3.C4H8O/c27-26(28,13-4-3-8-21-11-10-18-7-5-14-29-24(18)30-21)20-12-15-31(16-20)23(25(33)34)22-9-2-1-6-19(22)17-32;1-2-4-5-3-1/h1-2,6,9-11,20,23,32H,3-5,7-8,12-17H2,(H,29,30)(H,33,34);1-4H2. The van der Waals surface area contributed by atoms with Gasteiger partial charge in [0.2, 0.25) is 0 Å². The van der Waals surface area contributed by atoms with Crippen molar-refractivity contribution in [3.63, 3.8) is 0 Å². The molecule has 0 aliphatic carbocycles. The van der Waals surface area contributed by atoms with Crippen molar-refractivity contribution in [3.8, 4) is 0 Å². The third-order valence-corrected chi connectivity index (χ3v) is 7.91. The second-order valence-corrected chi connectivity index (χ2v) is 10.7. The number of rotatable bonds is 10. The molecule has 2 unspecified atom stereocenters. The van der Waals surface area contributed by atoms with Gasteiger partial charge in [-0.1, -0.05) is 30.3 Å². The highest BCUT2D eigenvalue weighted by atomic mass is 19.3. The number of pyridine rings is 1. The summed E-state index contributed by atoms with van der Waals surface area (Å²) in [6.07, 6.45) is 6.43. The molecular formula is C30H41F2N3O4. The van der Waals surface area contributed by atoms with Crippen LogP contribution in [0.2, 0.25) is 0 Å². The van der Waals surface area contributed by atoms with Crippen LogP contribution in [0.25, 0.3) is 0 Å². The van der Waals surface area contributed by atoms with Crippen molar-refractivity contribution in [2.45, 2.75) is 76.4 Å². The fourth-order valence-corrected chi connectivity index (χ4v) is 5.69. The second kappa shape index (κ2) is 14.1. The molecule has 39 heavy (non-hydrogen) atoms. The van der Waals surface area contributed by atoms with Gasteiger partial charge in [-0.25, -0.2) is 13.8 Å². The molecule has 2 fully saturated rings. The van der Waals surface area contributed by atoms with Crippen LogP contribution in [0.3, 0.4) is 0 Å². The molecule has 0 bridgehead atoms. The molecule has 0 saturated carbocycles. The van der Waals surface area contributed by atoms with Crippen LogP contribution in [0.1, 0.15) is 73.4 Å². The van der Waals surface area contributed by atoms with E-state index in [4.69, 9.17) is 4.74 Å². The molecule has 4 heterocycles. The Morgan fingerprint density at radius 2 is 1.95 bits per heavy atom. The van der Waals surface area contributed by atoms with Crippen LogP contribution in [-0.4, -0.2) is 64.8 Å². The minimum absolute atomic E-state index is 0.0295. The van der Waals surface area contributed by atoms with Gasteiger partial charge in [0.15, 0.2) is 0 Å². The number of nitrogens with one attached hydrogen (secondary N) is 1. The predicted octanol–water partition coefficient (Wildman–Crippen LogP) is 5.22. The van der Waals surface area contributed by atoms with E-state index in [1.54, 1.807) is 29.2 Å². The zero-order chi connectivity index (χ0) is 27.7. The first-order chi connectivity index (χ1) is 18.9. The molecule has 3 N–H and O–H groups in total. The number of unbranched alkanes of at least 4 members (excludes halogenated alkanes) is 1. The molecule has 3 aliphatic rings. The maximum Gasteiger partial charge on any atom is 0.325 e. The van der Waals surface area contributed by atoms with Gasteiger partial charge in [-0.15, -0.1) is 0 Å². The molecule has 2 atom stereocenters. The third kappa shape index (κ3) is 7.96. The molecule has 9 heteroatoms. The number of aromatic nitrogens is 1. The number of ether oxygens (including phenoxy) is 1. The number of carboxylic acid groups (broad SMARTS) is 1. The van der Waals surface area contributed by atoms with Gasteiger partial charge >= 0.3 is 5.97 Å². The van der Waals surface area contributed by atoms with Gasteiger partial charge in [0, 0.05) is 44.3 Å². The van der Waals surface area contributed by atoms with Crippen LogP contribution in [0, 0.1) is 5.92 Å². The van der Waals surface area contributed by atoms with Gasteiger partial charge in [0.05, 0.1) is 6.61 Å². The van der Waals surface area contributed by atoms with Crippen LogP contribution in [0.5, 0.6) is 0 Å². The number of anilines is 1. The van der Waals surface area contributed by atoms with Gasteiger partial charge in [-0.2, -0.15) is 0 Å². The van der Waals surface area contributed by atoms with E-state index in [-0.39, 0.29) is 26.0 Å². The number of benzene rings is 1. The summed E-state index contributed by atoms with van der Waals surface area (Å²) >= 11 is 0. The Bertz CT molecular complexity index is 1070. The summed E-state index contributed by atoms with van der Waals surface area (Å²) in [6, 6.07) is 9.80. The Labute approximate surface area is 229 Å². The first-order valence-electron chi connectivity index (χ1n) is 14.2. The number of likely N-dealkylation sites (tertiary alicyclic amines) is 1. The van der Waals surface area contributed by atoms with Gasteiger partial charge in [0.1, 0.15) is 11.9 Å². The first kappa shape index (κ1) is 29.4. The molecule has 2 saturated heterocycles. The summed E-state index contributed by atoms with van der Waals surface area (Å²) in [4.78, 5) is 18.3. The van der Waals surface area contributed by atoms with Gasteiger partial charge in [0.25, 0.3) is 5.92 Å². The summed E-state index contributed by atoms with van der Waals surface area (Å²) in [5.41, 5.74) is 3.12. The lowest BCUT2D eigenvalue weighted by Gasteiger charge is -2.28. The van der Waals surface area contributed by atoms with Gasteiger partial charge < -0.3 is 20.3 Å². The average molecular weight is 546 g/mol. The van der Waals surface area contributed by atoms with Crippen molar-refractivity contribution in [3.05, 3.63) is 58.8 Å². The highest BCUT2D eigenvalue weighted by Gasteiger charge is 2.45. The highest BCUT2D eigenvalue weighted by Crippen LogP contribution is 2.39. The van der Waals surface area contributed by atoms with Crippen molar-refractivity contribution in [1.29, 1.82) is 0 Å². The normalized spacial score (nSPS) is 20.0. The minimum Gasteiger partial charge on any atom is -0.480 e. The lowest BCUT2D eigenvalue weighted by molar-refractivity contribution is -0.143. The molecule has 1 aromatic heterocycles. The lowest BCUT2D eigenvalue weighted by atomic mass is 9.94. The molecule has 0 amide bonds. The van der Waals surface area contributed by atoms with E-state index in [0.29, 0.717) is 36.9 Å². The fourth-order valence-electron chi connectivity index (χ4n) is 5.69. The maximum atomic E-state index is 15.0. The quantitative estimate of drug-likeness (QED) is 0.352. The number of hydrogen-bond donors (Lipinski definition) is 3. The molecule has 7 nitrogen and oxygen atoms in total. The predicted molar refractivity (Wildman–Crippen MR) is 146 cm³/mol. The van der Waals surface area contributed by atoms with E-state index >= 15 is 8.78 Å². The second-order valence-electron chi connectivity index (χ2n) is 10.7. The van der Waals surface area contributed by atoms with E-state index in [1.165, 1.54) is 18.4 Å². The molecular weight excluding hydrogens is 504 g/mol. The zero-order valence-corrected chi connectivity index (χ0v) is 22.6. The monoisotopic (exact) mass is 545 g/mol. The number of fused-ring (bicyclic) bond motifs is 1. The lowest BCUT2D eigenvalue weighted by Crippen LogP contribution is -2.36. The number of alkyl halides is 2. The van der Waals surface area contributed by atoms with Crippen LogP contribution in [-0.2, 0) is 29.0 Å². The van der Waals surface area contributed by atoms with E-state index in [1.807, 2.05) is 6.07 Å². The number of carbonyl (C=O) groups is 1. The fraction of sp³-hybridized carbons (Fsp3) is 0.600. The summed E-state index contributed by atoms with van der Waals surface area (Å²) in [5, 5.41) is 22.7. The number of aliphatic hydroxyl groups is 1. The summed E-state index contributed by atoms with van der Waals surface area (Å²) in [7, 11) is 0. The minimum atomic E-state index is -2.85. The molecule has 0 spiro atoms. The summed E-state index contributed by atoms with van der Waals surface area (Å²) in [5.74, 6) is -3.88. The first-order valence-corrected chi connectivity index (χ1v) is 14.2. The Balaban J connectivity index is 0.000000634. The Kier molecular flexibility index (Phi) is 10.6. The van der Waals surface area contributed by atoms with Crippen molar-refractivity contribution < 1.29 is 28.5 Å². The highest BCUT2D eigenvalue weighted by molar-refractivity contribution is 5.76. The molecule has 2 aromatic rings. The number of aliphatic hydroxyl groups excluding tert-OH is 1. The van der Waals surface area contributed by atoms with Crippen molar-refractivity contribution >= 4 is 11.8 Å². The van der Waals surface area contributed by atoms with Gasteiger partial charge in [-0.3, -0.25) is 9.69 Å². The Morgan fingerprint density at radius 3 is 2.67 bits per heavy atom. The van der Waals surface area contributed by atoms with E-state index < -0.39 is 23.9 Å². The maximum absolute atomic E-state index is 15.0.